The van der Waals surface area contributed by atoms with Gasteiger partial charge < -0.3 is 9.73 Å². The fourth-order valence-electron chi connectivity index (χ4n) is 5.38. The molecule has 1 aliphatic carbocycles. The van der Waals surface area contributed by atoms with Gasteiger partial charge >= 0.3 is 0 Å². The molecule has 2 aliphatic rings. The fraction of sp³-hybridized carbons (Fsp3) is 0.133. The number of ketones is 1. The number of furan rings is 1. The molecule has 0 saturated heterocycles. The van der Waals surface area contributed by atoms with Crippen molar-refractivity contribution in [1.82, 2.24) is 0 Å². The Hall–Kier alpha value is -4.98. The van der Waals surface area contributed by atoms with Crippen molar-refractivity contribution < 1.29 is 18.9 Å². The maximum absolute atomic E-state index is 14.2. The van der Waals surface area contributed by atoms with E-state index in [4.69, 9.17) is 4.42 Å². The number of hydrogen-bond acceptors (Lipinski definition) is 6. The molecule has 4 aromatic rings. The number of non-ortho nitro benzene ring substituents is 1. The Labute approximate surface area is 218 Å². The molecule has 188 valence electrons. The maximum Gasteiger partial charge on any atom is 0.269 e. The predicted octanol–water partition coefficient (Wildman–Crippen LogP) is 6.40. The molecular weight excluding hydrogens is 482 g/mol. The summed E-state index contributed by atoms with van der Waals surface area (Å²) in [5, 5.41) is 15.1. The standard InChI is InChI=1S/C30H23N3O5/c34-26-18-21(27-14-7-15-38-27)17-24-28(26)29(20-10-6-11-22(16-20)33(36)37)32(25-13-5-4-12-23(25)31-24)30(35)19-8-2-1-3-9-19/h1-16,21,29,31H,17-18H2/t21-,29-/m1/s1. The molecule has 1 aromatic heterocycles. The zero-order valence-corrected chi connectivity index (χ0v) is 20.2. The Morgan fingerprint density at radius 1 is 0.947 bits per heavy atom. The molecule has 0 bridgehead atoms. The number of rotatable bonds is 4. The number of hydrogen-bond donors (Lipinski definition) is 1. The van der Waals surface area contributed by atoms with Crippen LogP contribution < -0.4 is 10.2 Å². The number of carbonyl (C=O) groups excluding carboxylic acids is 2. The maximum atomic E-state index is 14.2. The molecule has 3 aromatic carbocycles. The summed E-state index contributed by atoms with van der Waals surface area (Å²) in [5.74, 6) is 0.0905. The monoisotopic (exact) mass is 505 g/mol. The number of nitro benzene ring substituents is 1. The third-order valence-corrected chi connectivity index (χ3v) is 7.07. The number of anilines is 2. The van der Waals surface area contributed by atoms with Crippen molar-refractivity contribution in [2.45, 2.75) is 24.8 Å². The van der Waals surface area contributed by atoms with Gasteiger partial charge in [-0.05, 0) is 48.4 Å². The van der Waals surface area contributed by atoms with Crippen LogP contribution in [-0.4, -0.2) is 16.6 Å². The zero-order valence-electron chi connectivity index (χ0n) is 20.2. The molecule has 0 radical (unpaired) electrons. The van der Waals surface area contributed by atoms with Crippen LogP contribution in [0.3, 0.4) is 0 Å². The summed E-state index contributed by atoms with van der Waals surface area (Å²) in [6.07, 6.45) is 2.27. The van der Waals surface area contributed by atoms with Crippen LogP contribution >= 0.6 is 0 Å². The van der Waals surface area contributed by atoms with Gasteiger partial charge in [0.25, 0.3) is 11.6 Å². The second-order valence-electron chi connectivity index (χ2n) is 9.37. The topological polar surface area (TPSA) is 106 Å². The number of carbonyl (C=O) groups is 2. The van der Waals surface area contributed by atoms with Crippen LogP contribution in [-0.2, 0) is 4.79 Å². The van der Waals surface area contributed by atoms with Crippen molar-refractivity contribution >= 4 is 28.8 Å². The number of fused-ring (bicyclic) bond motifs is 1. The van der Waals surface area contributed by atoms with E-state index in [9.17, 15) is 19.7 Å². The molecule has 0 fully saturated rings. The third kappa shape index (κ3) is 4.06. The number of amides is 1. The summed E-state index contributed by atoms with van der Waals surface area (Å²) < 4.78 is 5.63. The SMILES string of the molecule is O=C1C[C@H](c2ccco2)CC2=C1[C@@H](c1cccc([N+](=O)[O-])c1)N(C(=O)c1ccccc1)c1ccccc1N2. The molecule has 1 aliphatic heterocycles. The number of nitro groups is 1. The molecule has 8 heteroatoms. The average molecular weight is 506 g/mol. The van der Waals surface area contributed by atoms with Crippen LogP contribution in [0.5, 0.6) is 0 Å². The van der Waals surface area contributed by atoms with Crippen molar-refractivity contribution in [3.63, 3.8) is 0 Å². The lowest BCUT2D eigenvalue weighted by Crippen LogP contribution is -2.38. The highest BCUT2D eigenvalue weighted by Gasteiger charge is 2.42. The minimum atomic E-state index is -0.876. The van der Waals surface area contributed by atoms with Gasteiger partial charge in [-0.25, -0.2) is 0 Å². The Morgan fingerprint density at radius 2 is 1.74 bits per heavy atom. The first-order chi connectivity index (χ1) is 18.5. The normalized spacial score (nSPS) is 18.7. The van der Waals surface area contributed by atoms with Gasteiger partial charge in [-0.3, -0.25) is 24.6 Å². The zero-order chi connectivity index (χ0) is 26.2. The van der Waals surface area contributed by atoms with Crippen molar-refractivity contribution in [3.05, 3.63) is 136 Å². The number of para-hydroxylation sites is 2. The molecule has 6 rings (SSSR count). The molecule has 0 unspecified atom stereocenters. The summed E-state index contributed by atoms with van der Waals surface area (Å²) >= 11 is 0. The van der Waals surface area contributed by atoms with E-state index in [1.807, 2.05) is 36.4 Å². The summed E-state index contributed by atoms with van der Waals surface area (Å²) in [6.45, 7) is 0. The Morgan fingerprint density at radius 3 is 2.50 bits per heavy atom. The highest BCUT2D eigenvalue weighted by Crippen LogP contribution is 2.48. The summed E-state index contributed by atoms with van der Waals surface area (Å²) in [7, 11) is 0. The molecule has 2 heterocycles. The highest BCUT2D eigenvalue weighted by molar-refractivity contribution is 6.12. The first-order valence-electron chi connectivity index (χ1n) is 12.3. The van der Waals surface area contributed by atoms with Crippen LogP contribution in [0.25, 0.3) is 0 Å². The highest BCUT2D eigenvalue weighted by atomic mass is 16.6. The number of nitrogens with zero attached hydrogens (tertiary/aromatic N) is 2. The van der Waals surface area contributed by atoms with Crippen molar-refractivity contribution in [3.8, 4) is 0 Å². The summed E-state index contributed by atoms with van der Waals surface area (Å²) in [5.41, 5.74) is 3.17. The predicted molar refractivity (Wildman–Crippen MR) is 142 cm³/mol. The second kappa shape index (κ2) is 9.48. The Kier molecular flexibility index (Phi) is 5.84. The van der Waals surface area contributed by atoms with Gasteiger partial charge in [0.2, 0.25) is 0 Å². The van der Waals surface area contributed by atoms with E-state index in [1.165, 1.54) is 12.1 Å². The van der Waals surface area contributed by atoms with Gasteiger partial charge in [0, 0.05) is 41.3 Å². The van der Waals surface area contributed by atoms with Gasteiger partial charge in [-0.1, -0.05) is 42.5 Å². The second-order valence-corrected chi connectivity index (χ2v) is 9.37. The third-order valence-electron chi connectivity index (χ3n) is 7.07. The van der Waals surface area contributed by atoms with Crippen LogP contribution in [0.4, 0.5) is 17.1 Å². The van der Waals surface area contributed by atoms with Crippen LogP contribution in [0.15, 0.2) is 113 Å². The van der Waals surface area contributed by atoms with Crippen molar-refractivity contribution in [1.29, 1.82) is 0 Å². The minimum absolute atomic E-state index is 0.112. The molecule has 0 saturated carbocycles. The van der Waals surface area contributed by atoms with E-state index in [1.54, 1.807) is 53.6 Å². The average Bonchev–Trinajstić information content (AvgIpc) is 3.43. The van der Waals surface area contributed by atoms with E-state index in [0.717, 1.165) is 0 Å². The molecule has 38 heavy (non-hydrogen) atoms. The Bertz CT molecular complexity index is 1580. The summed E-state index contributed by atoms with van der Waals surface area (Å²) in [4.78, 5) is 40.9. The molecule has 8 nitrogen and oxygen atoms in total. The van der Waals surface area contributed by atoms with E-state index in [-0.39, 0.29) is 29.7 Å². The molecular formula is C30H23N3O5. The van der Waals surface area contributed by atoms with Gasteiger partial charge in [-0.15, -0.1) is 0 Å². The van der Waals surface area contributed by atoms with E-state index in [0.29, 0.717) is 46.0 Å². The molecule has 0 spiro atoms. The lowest BCUT2D eigenvalue weighted by Gasteiger charge is -2.34. The Balaban J connectivity index is 1.60. The largest absolute Gasteiger partial charge is 0.469 e. The van der Waals surface area contributed by atoms with E-state index in [2.05, 4.69) is 5.32 Å². The molecule has 1 N–H and O–H groups in total. The first-order valence-corrected chi connectivity index (χ1v) is 12.3. The van der Waals surface area contributed by atoms with Crippen molar-refractivity contribution in [2.75, 3.05) is 10.2 Å². The quantitative estimate of drug-likeness (QED) is 0.254. The lowest BCUT2D eigenvalue weighted by atomic mass is 9.80. The number of benzene rings is 3. The minimum Gasteiger partial charge on any atom is -0.469 e. The first kappa shape index (κ1) is 23.4. The molecule has 2 atom stereocenters. The fourth-order valence-corrected chi connectivity index (χ4v) is 5.38. The van der Waals surface area contributed by atoms with Gasteiger partial charge in [0.15, 0.2) is 5.78 Å². The van der Waals surface area contributed by atoms with Gasteiger partial charge in [0.1, 0.15) is 5.76 Å². The smallest absolute Gasteiger partial charge is 0.269 e. The van der Waals surface area contributed by atoms with E-state index < -0.39 is 11.0 Å². The van der Waals surface area contributed by atoms with Crippen LogP contribution in [0, 0.1) is 10.1 Å². The number of Topliss-reactive ketones (excluding diaryl/α,β-unsaturated/α-hetero) is 1. The van der Waals surface area contributed by atoms with Gasteiger partial charge in [0.05, 0.1) is 28.6 Å². The lowest BCUT2D eigenvalue weighted by molar-refractivity contribution is -0.384. The van der Waals surface area contributed by atoms with E-state index >= 15 is 0 Å². The number of nitrogens with one attached hydrogen (secondary N) is 1. The van der Waals surface area contributed by atoms with Crippen LogP contribution in [0.2, 0.25) is 0 Å². The summed E-state index contributed by atoms with van der Waals surface area (Å²) in [6, 6.07) is 25.1. The van der Waals surface area contributed by atoms with Crippen LogP contribution in [0.1, 0.15) is 46.5 Å². The molecule has 1 amide bonds. The van der Waals surface area contributed by atoms with Crippen molar-refractivity contribution in [2.24, 2.45) is 0 Å². The number of allylic oxidation sites excluding steroid dienone is 1. The van der Waals surface area contributed by atoms with Gasteiger partial charge in [-0.2, -0.15) is 0 Å².